The molecule has 0 amide bonds. The van der Waals surface area contributed by atoms with Gasteiger partial charge in [0.05, 0.1) is 11.4 Å². The van der Waals surface area contributed by atoms with Gasteiger partial charge in [-0.2, -0.15) is 4.31 Å². The fourth-order valence-corrected chi connectivity index (χ4v) is 3.63. The second kappa shape index (κ2) is 5.52. The number of rotatable bonds is 5. The largest absolute Gasteiger partial charge is 0.464 e. The highest BCUT2D eigenvalue weighted by Crippen LogP contribution is 2.47. The number of hydrogen-bond donors (Lipinski definition) is 0. The van der Waals surface area contributed by atoms with E-state index in [1.54, 1.807) is 0 Å². The first-order valence-electron chi connectivity index (χ1n) is 7.18. The molecule has 2 aromatic rings. The molecule has 0 bridgehead atoms. The fourth-order valence-electron chi connectivity index (χ4n) is 2.49. The van der Waals surface area contributed by atoms with Gasteiger partial charge in [0.1, 0.15) is 17.3 Å². The Hall–Kier alpha value is -1.66. The van der Waals surface area contributed by atoms with Gasteiger partial charge in [0.2, 0.25) is 10.0 Å². The van der Waals surface area contributed by atoms with Gasteiger partial charge in [0, 0.05) is 13.0 Å². The van der Waals surface area contributed by atoms with Crippen molar-refractivity contribution in [3.05, 3.63) is 53.7 Å². The van der Waals surface area contributed by atoms with Crippen LogP contribution in [0.3, 0.4) is 0 Å². The van der Waals surface area contributed by atoms with Gasteiger partial charge >= 0.3 is 0 Å². The van der Waals surface area contributed by atoms with Crippen LogP contribution >= 0.6 is 0 Å². The second-order valence-corrected chi connectivity index (χ2v) is 7.88. The average Bonchev–Trinajstić information content (AvgIpc) is 3.02. The lowest BCUT2D eigenvalue weighted by Gasteiger charge is -2.15. The summed E-state index contributed by atoms with van der Waals surface area (Å²) in [4.78, 5) is 0.0685. The van der Waals surface area contributed by atoms with E-state index in [1.807, 2.05) is 12.1 Å². The van der Waals surface area contributed by atoms with Crippen LogP contribution < -0.4 is 0 Å². The van der Waals surface area contributed by atoms with E-state index >= 15 is 0 Å². The number of benzene rings is 1. The van der Waals surface area contributed by atoms with Gasteiger partial charge in [0.25, 0.3) is 0 Å². The van der Waals surface area contributed by atoms with Crippen molar-refractivity contribution in [2.45, 2.75) is 30.7 Å². The smallest absolute Gasteiger partial charge is 0.243 e. The number of nitrogens with zero attached hydrogens (tertiary/aromatic N) is 1. The summed E-state index contributed by atoms with van der Waals surface area (Å²) in [5, 5.41) is 0. The van der Waals surface area contributed by atoms with Crippen molar-refractivity contribution in [3.63, 3.8) is 0 Å². The Kier molecular flexibility index (Phi) is 3.82. The molecular formula is C16H18FNO3S. The highest BCUT2D eigenvalue weighted by Gasteiger charge is 2.36. The summed E-state index contributed by atoms with van der Waals surface area (Å²) in [6, 6.07) is 8.54. The van der Waals surface area contributed by atoms with Crippen molar-refractivity contribution in [1.29, 1.82) is 0 Å². The monoisotopic (exact) mass is 323 g/mol. The van der Waals surface area contributed by atoms with Crippen LogP contribution in [0.5, 0.6) is 0 Å². The van der Waals surface area contributed by atoms with Crippen molar-refractivity contribution in [2.75, 3.05) is 7.05 Å². The molecule has 1 aromatic carbocycles. The molecule has 2 atom stereocenters. The number of sulfonamides is 1. The van der Waals surface area contributed by atoms with Gasteiger partial charge in [-0.3, -0.25) is 0 Å². The lowest BCUT2D eigenvalue weighted by atomic mass is 10.3. The average molecular weight is 323 g/mol. The molecule has 3 rings (SSSR count). The molecule has 118 valence electrons. The molecule has 1 fully saturated rings. The summed E-state index contributed by atoms with van der Waals surface area (Å²) < 4.78 is 44.7. The SMILES string of the molecule is C[C@H]1C[C@@H]1c1ccc(CN(C)S(=O)(=O)c2ccc(F)cc2)o1. The summed E-state index contributed by atoms with van der Waals surface area (Å²) in [5.41, 5.74) is 0. The Morgan fingerprint density at radius 2 is 1.86 bits per heavy atom. The van der Waals surface area contributed by atoms with Crippen LogP contribution in [0, 0.1) is 11.7 Å². The predicted molar refractivity (Wildman–Crippen MR) is 80.3 cm³/mol. The zero-order valence-corrected chi connectivity index (χ0v) is 13.3. The molecule has 1 aromatic heterocycles. The second-order valence-electron chi connectivity index (χ2n) is 5.84. The van der Waals surface area contributed by atoms with Crippen molar-refractivity contribution in [2.24, 2.45) is 5.92 Å². The van der Waals surface area contributed by atoms with Crippen LogP contribution in [0.15, 0.2) is 45.7 Å². The molecule has 0 radical (unpaired) electrons. The summed E-state index contributed by atoms with van der Waals surface area (Å²) in [6.07, 6.45) is 1.12. The number of furan rings is 1. The van der Waals surface area contributed by atoms with E-state index in [4.69, 9.17) is 4.42 Å². The predicted octanol–water partition coefficient (Wildman–Crippen LogP) is 3.36. The third-order valence-electron chi connectivity index (χ3n) is 4.06. The summed E-state index contributed by atoms with van der Waals surface area (Å²) in [5.74, 6) is 2.18. The van der Waals surface area contributed by atoms with Gasteiger partial charge in [-0.05, 0) is 48.7 Å². The molecule has 1 heterocycles. The maximum atomic E-state index is 12.9. The lowest BCUT2D eigenvalue weighted by molar-refractivity contribution is 0.389. The third-order valence-corrected chi connectivity index (χ3v) is 5.88. The molecule has 4 nitrogen and oxygen atoms in total. The van der Waals surface area contributed by atoms with Gasteiger partial charge in [-0.1, -0.05) is 6.92 Å². The molecule has 0 N–H and O–H groups in total. The van der Waals surface area contributed by atoms with E-state index in [0.29, 0.717) is 17.6 Å². The van der Waals surface area contributed by atoms with Crippen LogP contribution in [0.4, 0.5) is 4.39 Å². The highest BCUT2D eigenvalue weighted by molar-refractivity contribution is 7.89. The van der Waals surface area contributed by atoms with E-state index < -0.39 is 15.8 Å². The third kappa shape index (κ3) is 2.94. The number of halogens is 1. The Labute approximate surface area is 129 Å². The topological polar surface area (TPSA) is 50.5 Å². The van der Waals surface area contributed by atoms with Crippen molar-refractivity contribution < 1.29 is 17.2 Å². The Morgan fingerprint density at radius 1 is 1.23 bits per heavy atom. The fraction of sp³-hybridized carbons (Fsp3) is 0.375. The Morgan fingerprint density at radius 3 is 2.45 bits per heavy atom. The minimum atomic E-state index is -3.65. The van der Waals surface area contributed by atoms with E-state index in [2.05, 4.69) is 6.92 Å². The Balaban J connectivity index is 1.74. The molecule has 0 spiro atoms. The molecule has 1 saturated carbocycles. The van der Waals surface area contributed by atoms with Crippen LogP contribution in [0.2, 0.25) is 0 Å². The van der Waals surface area contributed by atoms with Crippen molar-refractivity contribution >= 4 is 10.0 Å². The molecule has 1 aliphatic carbocycles. The summed E-state index contributed by atoms with van der Waals surface area (Å²) in [6.45, 7) is 2.32. The van der Waals surface area contributed by atoms with Gasteiger partial charge in [0.15, 0.2) is 0 Å². The van der Waals surface area contributed by atoms with E-state index in [1.165, 1.54) is 23.5 Å². The normalized spacial score (nSPS) is 21.3. The maximum absolute atomic E-state index is 12.9. The zero-order chi connectivity index (χ0) is 15.9. The minimum absolute atomic E-state index is 0.0685. The van der Waals surface area contributed by atoms with Gasteiger partial charge in [-0.25, -0.2) is 12.8 Å². The number of hydrogen-bond acceptors (Lipinski definition) is 3. The molecule has 22 heavy (non-hydrogen) atoms. The van der Waals surface area contributed by atoms with Crippen LogP contribution in [-0.4, -0.2) is 19.8 Å². The minimum Gasteiger partial charge on any atom is -0.464 e. The van der Waals surface area contributed by atoms with E-state index in [-0.39, 0.29) is 11.4 Å². The highest BCUT2D eigenvalue weighted by atomic mass is 32.2. The van der Waals surface area contributed by atoms with E-state index in [9.17, 15) is 12.8 Å². The zero-order valence-electron chi connectivity index (χ0n) is 12.5. The molecule has 6 heteroatoms. The lowest BCUT2D eigenvalue weighted by Crippen LogP contribution is -2.26. The summed E-state index contributed by atoms with van der Waals surface area (Å²) >= 11 is 0. The first-order valence-corrected chi connectivity index (χ1v) is 8.62. The van der Waals surface area contributed by atoms with Crippen LogP contribution in [-0.2, 0) is 16.6 Å². The molecule has 0 aliphatic heterocycles. The van der Waals surface area contributed by atoms with Gasteiger partial charge in [-0.15, -0.1) is 0 Å². The standard InChI is InChI=1S/C16H18FNO3S/c1-11-9-15(11)16-8-5-13(21-16)10-18(2)22(19,20)14-6-3-12(17)4-7-14/h3-8,11,15H,9-10H2,1-2H3/t11-,15-/m0/s1. The Bertz CT molecular complexity index is 767. The van der Waals surface area contributed by atoms with Crippen LogP contribution in [0.25, 0.3) is 0 Å². The molecule has 0 unspecified atom stereocenters. The molecular weight excluding hydrogens is 305 g/mol. The molecule has 0 saturated heterocycles. The first kappa shape index (κ1) is 15.2. The van der Waals surface area contributed by atoms with Crippen LogP contribution in [0.1, 0.15) is 30.8 Å². The van der Waals surface area contributed by atoms with Crippen molar-refractivity contribution in [3.8, 4) is 0 Å². The maximum Gasteiger partial charge on any atom is 0.243 e. The van der Waals surface area contributed by atoms with Crippen molar-refractivity contribution in [1.82, 2.24) is 4.31 Å². The van der Waals surface area contributed by atoms with Gasteiger partial charge < -0.3 is 4.42 Å². The quantitative estimate of drug-likeness (QED) is 0.848. The summed E-state index contributed by atoms with van der Waals surface area (Å²) in [7, 11) is -2.17. The van der Waals surface area contributed by atoms with E-state index in [0.717, 1.165) is 24.3 Å². The molecule has 1 aliphatic rings. The first-order chi connectivity index (χ1) is 10.4.